The Kier molecular flexibility index (Phi) is 1.12. The van der Waals surface area contributed by atoms with Gasteiger partial charge in [-0.05, 0) is 42.9 Å². The Morgan fingerprint density at radius 2 is 1.89 bits per heavy atom. The van der Waals surface area contributed by atoms with Crippen LogP contribution in [0, 0.1) is 23.7 Å². The second-order valence-corrected chi connectivity index (χ2v) is 4.07. The van der Waals surface area contributed by atoms with E-state index in [0.29, 0.717) is 0 Å². The second kappa shape index (κ2) is 1.74. The van der Waals surface area contributed by atoms with E-state index in [1.807, 2.05) is 0 Å². The van der Waals surface area contributed by atoms with Crippen LogP contribution in [0.1, 0.15) is 33.1 Å². The first-order valence-corrected chi connectivity index (χ1v) is 4.29. The molecule has 52 valence electrons. The maximum atomic E-state index is 2.45. The summed E-state index contributed by atoms with van der Waals surface area (Å²) in [6.07, 6.45) is 4.61. The van der Waals surface area contributed by atoms with Crippen LogP contribution in [0.2, 0.25) is 0 Å². The molecule has 2 unspecified atom stereocenters. The van der Waals surface area contributed by atoms with Crippen molar-refractivity contribution in [2.24, 2.45) is 23.7 Å². The van der Waals surface area contributed by atoms with Gasteiger partial charge in [-0.25, -0.2) is 0 Å². The fourth-order valence-corrected chi connectivity index (χ4v) is 3.07. The summed E-state index contributed by atoms with van der Waals surface area (Å²) in [5.74, 6) is 4.35. The monoisotopic (exact) mass is 124 g/mol. The predicted molar refractivity (Wildman–Crippen MR) is 39.2 cm³/mol. The van der Waals surface area contributed by atoms with Crippen LogP contribution in [-0.4, -0.2) is 0 Å². The van der Waals surface area contributed by atoms with E-state index in [4.69, 9.17) is 0 Å². The lowest BCUT2D eigenvalue weighted by Crippen LogP contribution is -2.06. The van der Waals surface area contributed by atoms with Crippen LogP contribution < -0.4 is 0 Å². The van der Waals surface area contributed by atoms with Gasteiger partial charge < -0.3 is 0 Å². The van der Waals surface area contributed by atoms with Gasteiger partial charge in [0.05, 0.1) is 0 Å². The van der Waals surface area contributed by atoms with Crippen molar-refractivity contribution < 1.29 is 0 Å². The van der Waals surface area contributed by atoms with E-state index in [9.17, 15) is 0 Å². The highest BCUT2D eigenvalue weighted by Crippen LogP contribution is 2.51. The van der Waals surface area contributed by atoms with Crippen molar-refractivity contribution in [2.45, 2.75) is 33.1 Å². The van der Waals surface area contributed by atoms with E-state index < -0.39 is 0 Å². The van der Waals surface area contributed by atoms with E-state index in [0.717, 1.165) is 23.7 Å². The molecule has 2 bridgehead atoms. The topological polar surface area (TPSA) is 0 Å². The molecule has 2 aliphatic rings. The van der Waals surface area contributed by atoms with Crippen molar-refractivity contribution in [1.82, 2.24) is 0 Å². The van der Waals surface area contributed by atoms with E-state index in [1.54, 1.807) is 0 Å². The van der Waals surface area contributed by atoms with Crippen molar-refractivity contribution in [3.8, 4) is 0 Å². The van der Waals surface area contributed by atoms with Crippen LogP contribution in [-0.2, 0) is 0 Å². The molecule has 0 heterocycles. The zero-order chi connectivity index (χ0) is 6.43. The highest BCUT2D eigenvalue weighted by molar-refractivity contribution is 4.92. The fourth-order valence-electron chi connectivity index (χ4n) is 3.07. The quantitative estimate of drug-likeness (QED) is 0.465. The van der Waals surface area contributed by atoms with Gasteiger partial charge in [0.15, 0.2) is 0 Å². The number of hydrogen-bond acceptors (Lipinski definition) is 0. The third kappa shape index (κ3) is 0.653. The van der Waals surface area contributed by atoms with Crippen LogP contribution in [0.5, 0.6) is 0 Å². The van der Waals surface area contributed by atoms with Gasteiger partial charge in [0.25, 0.3) is 0 Å². The number of fused-ring (bicyclic) bond motifs is 2. The highest BCUT2D eigenvalue weighted by atomic mass is 14.5. The summed E-state index contributed by atoms with van der Waals surface area (Å²) in [4.78, 5) is 0. The van der Waals surface area contributed by atoms with Crippen molar-refractivity contribution in [2.75, 3.05) is 0 Å². The first kappa shape index (κ1) is 5.76. The van der Waals surface area contributed by atoms with Gasteiger partial charge in [-0.15, -0.1) is 0 Å². The SMILES string of the molecule is C[C@@H]1C2CCC1[C@H](C)C2. The average Bonchev–Trinajstić information content (AvgIpc) is 2.25. The molecule has 0 spiro atoms. The molecule has 0 aromatic carbocycles. The molecule has 2 fully saturated rings. The van der Waals surface area contributed by atoms with Gasteiger partial charge in [-0.1, -0.05) is 13.8 Å². The van der Waals surface area contributed by atoms with E-state index in [2.05, 4.69) is 13.8 Å². The molecule has 2 rings (SSSR count). The molecule has 0 aromatic rings. The second-order valence-electron chi connectivity index (χ2n) is 4.07. The summed E-state index contributed by atoms with van der Waals surface area (Å²) in [6.45, 7) is 4.88. The molecule has 0 aliphatic heterocycles. The maximum Gasteiger partial charge on any atom is -0.0360 e. The molecule has 0 amide bonds. The van der Waals surface area contributed by atoms with Gasteiger partial charge in [0, 0.05) is 0 Å². The minimum Gasteiger partial charge on any atom is -0.0622 e. The third-order valence-electron chi connectivity index (χ3n) is 3.70. The lowest BCUT2D eigenvalue weighted by atomic mass is 9.90. The Bertz CT molecular complexity index is 117. The lowest BCUT2D eigenvalue weighted by Gasteiger charge is -2.15. The van der Waals surface area contributed by atoms with Gasteiger partial charge in [0.2, 0.25) is 0 Å². The van der Waals surface area contributed by atoms with Crippen molar-refractivity contribution in [3.63, 3.8) is 0 Å². The molecule has 2 saturated carbocycles. The van der Waals surface area contributed by atoms with Crippen LogP contribution >= 0.6 is 0 Å². The molecular formula is C9H16. The molecule has 0 nitrogen and oxygen atoms in total. The molecular weight excluding hydrogens is 108 g/mol. The van der Waals surface area contributed by atoms with Gasteiger partial charge in [-0.2, -0.15) is 0 Å². The smallest absolute Gasteiger partial charge is 0.0360 e. The van der Waals surface area contributed by atoms with Crippen LogP contribution in [0.3, 0.4) is 0 Å². The van der Waals surface area contributed by atoms with Crippen molar-refractivity contribution >= 4 is 0 Å². The third-order valence-corrected chi connectivity index (χ3v) is 3.70. The minimum absolute atomic E-state index is 1.05. The van der Waals surface area contributed by atoms with Crippen molar-refractivity contribution in [3.05, 3.63) is 0 Å². The van der Waals surface area contributed by atoms with Crippen LogP contribution in [0.4, 0.5) is 0 Å². The normalized spacial score (nSPS) is 56.7. The lowest BCUT2D eigenvalue weighted by molar-refractivity contribution is 0.348. The predicted octanol–water partition coefficient (Wildman–Crippen LogP) is 2.69. The molecule has 0 radical (unpaired) electrons. The first-order chi connectivity index (χ1) is 4.29. The van der Waals surface area contributed by atoms with Gasteiger partial charge in [0.1, 0.15) is 0 Å². The van der Waals surface area contributed by atoms with E-state index in [1.165, 1.54) is 19.3 Å². The Morgan fingerprint density at radius 3 is 2.11 bits per heavy atom. The van der Waals surface area contributed by atoms with Gasteiger partial charge in [-0.3, -0.25) is 0 Å². The van der Waals surface area contributed by atoms with Crippen LogP contribution in [0.15, 0.2) is 0 Å². The first-order valence-electron chi connectivity index (χ1n) is 4.29. The van der Waals surface area contributed by atoms with Crippen molar-refractivity contribution in [1.29, 1.82) is 0 Å². The molecule has 0 saturated heterocycles. The maximum absolute atomic E-state index is 2.45. The Morgan fingerprint density at radius 1 is 1.11 bits per heavy atom. The fraction of sp³-hybridized carbons (Fsp3) is 1.00. The largest absolute Gasteiger partial charge is 0.0622 e. The van der Waals surface area contributed by atoms with Gasteiger partial charge >= 0.3 is 0 Å². The van der Waals surface area contributed by atoms with E-state index in [-0.39, 0.29) is 0 Å². The van der Waals surface area contributed by atoms with E-state index >= 15 is 0 Å². The molecule has 4 atom stereocenters. The molecule has 0 aromatic heterocycles. The summed E-state index contributed by atoms with van der Waals surface area (Å²) in [5.41, 5.74) is 0. The average molecular weight is 124 g/mol. The summed E-state index contributed by atoms with van der Waals surface area (Å²) in [6, 6.07) is 0. The minimum atomic E-state index is 1.05. The van der Waals surface area contributed by atoms with Crippen LogP contribution in [0.25, 0.3) is 0 Å². The Balaban J connectivity index is 2.16. The number of hydrogen-bond donors (Lipinski definition) is 0. The zero-order valence-electron chi connectivity index (χ0n) is 6.43. The Hall–Kier alpha value is 0. The summed E-state index contributed by atoms with van der Waals surface area (Å²) >= 11 is 0. The highest BCUT2D eigenvalue weighted by Gasteiger charge is 2.42. The molecule has 9 heavy (non-hydrogen) atoms. The standard InChI is InChI=1S/C9H16/c1-6-5-8-3-4-9(6)7(8)2/h6-9H,3-5H2,1-2H3/t6-,7-,8?,9?/m1/s1. The summed E-state index contributed by atoms with van der Waals surface area (Å²) < 4.78 is 0. The molecule has 0 N–H and O–H groups in total. The molecule has 2 aliphatic carbocycles. The summed E-state index contributed by atoms with van der Waals surface area (Å²) in [7, 11) is 0. The zero-order valence-corrected chi connectivity index (χ0v) is 6.43. The molecule has 0 heteroatoms. The Labute approximate surface area is 57.6 Å². The summed E-state index contributed by atoms with van der Waals surface area (Å²) in [5, 5.41) is 0. The number of rotatable bonds is 0.